The van der Waals surface area contributed by atoms with Crippen molar-refractivity contribution in [1.82, 2.24) is 0 Å². The van der Waals surface area contributed by atoms with Crippen LogP contribution in [-0.4, -0.2) is 30.5 Å². The summed E-state index contributed by atoms with van der Waals surface area (Å²) >= 11 is 5.73. The number of esters is 1. The van der Waals surface area contributed by atoms with Crippen molar-refractivity contribution in [2.24, 2.45) is 0 Å². The number of anilines is 2. The number of para-hydroxylation sites is 1. The zero-order valence-electron chi connectivity index (χ0n) is 13.1. The van der Waals surface area contributed by atoms with Gasteiger partial charge < -0.3 is 15.4 Å². The number of hydrogen-bond donors (Lipinski definition) is 2. The molecule has 9 heteroatoms. The van der Waals surface area contributed by atoms with Crippen LogP contribution in [0.15, 0.2) is 42.5 Å². The molecule has 0 heterocycles. The van der Waals surface area contributed by atoms with Gasteiger partial charge >= 0.3 is 5.97 Å². The molecule has 2 aromatic rings. The number of halogens is 1. The van der Waals surface area contributed by atoms with Gasteiger partial charge in [0.15, 0.2) is 0 Å². The molecule has 0 bridgehead atoms. The van der Waals surface area contributed by atoms with Gasteiger partial charge in [0.1, 0.15) is 5.02 Å². The molecule has 130 valence electrons. The lowest BCUT2D eigenvalue weighted by Crippen LogP contribution is -2.23. The van der Waals surface area contributed by atoms with Gasteiger partial charge in [0.2, 0.25) is 5.91 Å². The van der Waals surface area contributed by atoms with Crippen molar-refractivity contribution < 1.29 is 19.2 Å². The summed E-state index contributed by atoms with van der Waals surface area (Å²) in [5, 5.41) is 16.2. The number of carbonyl (C=O) groups excluding carboxylic acids is 2. The zero-order valence-corrected chi connectivity index (χ0v) is 13.9. The van der Waals surface area contributed by atoms with E-state index in [1.165, 1.54) is 31.4 Å². The molecular weight excluding hydrogens is 350 g/mol. The van der Waals surface area contributed by atoms with Gasteiger partial charge in [-0.1, -0.05) is 23.7 Å². The Labute approximate surface area is 147 Å². The Hall–Kier alpha value is -3.13. The molecule has 0 aliphatic heterocycles. The third-order valence-corrected chi connectivity index (χ3v) is 3.52. The smallest absolute Gasteiger partial charge is 0.339 e. The highest BCUT2D eigenvalue weighted by molar-refractivity contribution is 6.32. The van der Waals surface area contributed by atoms with Crippen LogP contribution in [0.5, 0.6) is 0 Å². The van der Waals surface area contributed by atoms with E-state index >= 15 is 0 Å². The van der Waals surface area contributed by atoms with Gasteiger partial charge in [-0.2, -0.15) is 0 Å². The Morgan fingerprint density at radius 2 is 1.96 bits per heavy atom. The average Bonchev–Trinajstić information content (AvgIpc) is 2.60. The van der Waals surface area contributed by atoms with Gasteiger partial charge in [-0.25, -0.2) is 4.79 Å². The van der Waals surface area contributed by atoms with Crippen LogP contribution >= 0.6 is 11.6 Å². The van der Waals surface area contributed by atoms with Gasteiger partial charge in [0.05, 0.1) is 29.8 Å². The van der Waals surface area contributed by atoms with Gasteiger partial charge in [-0.15, -0.1) is 0 Å². The van der Waals surface area contributed by atoms with Crippen LogP contribution in [0.4, 0.5) is 17.1 Å². The molecule has 0 saturated carbocycles. The molecule has 0 aliphatic rings. The second kappa shape index (κ2) is 8.11. The second-order valence-electron chi connectivity index (χ2n) is 4.86. The maximum absolute atomic E-state index is 12.0. The molecule has 2 rings (SSSR count). The third kappa shape index (κ3) is 4.67. The molecule has 0 radical (unpaired) electrons. The minimum absolute atomic E-state index is 0.00649. The largest absolute Gasteiger partial charge is 0.465 e. The van der Waals surface area contributed by atoms with E-state index in [1.54, 1.807) is 18.2 Å². The van der Waals surface area contributed by atoms with Crippen molar-refractivity contribution >= 4 is 40.5 Å². The van der Waals surface area contributed by atoms with Crippen LogP contribution in [0.3, 0.4) is 0 Å². The van der Waals surface area contributed by atoms with Crippen LogP contribution in [0.2, 0.25) is 5.02 Å². The van der Waals surface area contributed by atoms with Gasteiger partial charge in [0.25, 0.3) is 5.69 Å². The Kier molecular flexibility index (Phi) is 5.91. The summed E-state index contributed by atoms with van der Waals surface area (Å²) in [6, 6.07) is 10.5. The van der Waals surface area contributed by atoms with Crippen molar-refractivity contribution in [2.45, 2.75) is 0 Å². The molecule has 8 nitrogen and oxygen atoms in total. The predicted molar refractivity (Wildman–Crippen MR) is 93.0 cm³/mol. The normalized spacial score (nSPS) is 10.0. The van der Waals surface area contributed by atoms with E-state index in [9.17, 15) is 19.7 Å². The van der Waals surface area contributed by atoms with Crippen LogP contribution in [0, 0.1) is 10.1 Å². The number of nitrogens with one attached hydrogen (secondary N) is 2. The minimum Gasteiger partial charge on any atom is -0.465 e. The fraction of sp³-hybridized carbons (Fsp3) is 0.125. The lowest BCUT2D eigenvalue weighted by Gasteiger charge is -2.11. The van der Waals surface area contributed by atoms with Crippen molar-refractivity contribution in [2.75, 3.05) is 24.3 Å². The monoisotopic (exact) mass is 363 g/mol. The Bertz CT molecular complexity index is 825. The Morgan fingerprint density at radius 1 is 1.24 bits per heavy atom. The van der Waals surface area contributed by atoms with E-state index in [-0.39, 0.29) is 22.8 Å². The van der Waals surface area contributed by atoms with Crippen molar-refractivity contribution in [3.63, 3.8) is 0 Å². The van der Waals surface area contributed by atoms with Crippen molar-refractivity contribution in [3.8, 4) is 0 Å². The quantitative estimate of drug-likeness (QED) is 0.463. The number of rotatable bonds is 6. The number of nitro benzene ring substituents is 1. The number of benzene rings is 2. The van der Waals surface area contributed by atoms with Gasteiger partial charge in [0, 0.05) is 11.8 Å². The fourth-order valence-electron chi connectivity index (χ4n) is 2.02. The van der Waals surface area contributed by atoms with E-state index < -0.39 is 16.8 Å². The molecule has 0 saturated heterocycles. The number of nitro groups is 1. The van der Waals surface area contributed by atoms with E-state index in [4.69, 9.17) is 11.6 Å². The number of methoxy groups -OCH3 is 1. The van der Waals surface area contributed by atoms with Crippen LogP contribution in [0.25, 0.3) is 0 Å². The summed E-state index contributed by atoms with van der Waals surface area (Å²) in [6.07, 6.45) is 0. The standard InChI is InChI=1S/C16H14ClN3O5/c1-25-16(22)11-4-2-3-5-13(11)19-15(21)9-18-10-6-7-12(17)14(8-10)20(23)24/h2-8,18H,9H2,1H3,(H,19,21). The number of ether oxygens (including phenoxy) is 1. The molecule has 2 N–H and O–H groups in total. The number of carbonyl (C=O) groups is 2. The molecule has 25 heavy (non-hydrogen) atoms. The minimum atomic E-state index is -0.611. The summed E-state index contributed by atoms with van der Waals surface area (Å²) in [5.41, 5.74) is 0.638. The van der Waals surface area contributed by atoms with Gasteiger partial charge in [-0.05, 0) is 24.3 Å². The molecule has 0 spiro atoms. The number of amides is 1. The third-order valence-electron chi connectivity index (χ3n) is 3.20. The molecule has 2 aromatic carbocycles. The molecule has 0 aromatic heterocycles. The fourth-order valence-corrected chi connectivity index (χ4v) is 2.21. The first-order chi connectivity index (χ1) is 11.9. The van der Waals surface area contributed by atoms with Crippen LogP contribution in [-0.2, 0) is 9.53 Å². The van der Waals surface area contributed by atoms with E-state index in [0.717, 1.165) is 0 Å². The average molecular weight is 364 g/mol. The molecule has 0 unspecified atom stereocenters. The summed E-state index contributed by atoms with van der Waals surface area (Å²) < 4.78 is 4.65. The summed E-state index contributed by atoms with van der Waals surface area (Å²) in [4.78, 5) is 34.0. The summed E-state index contributed by atoms with van der Waals surface area (Å²) in [6.45, 7) is -0.158. The highest BCUT2D eigenvalue weighted by Crippen LogP contribution is 2.27. The lowest BCUT2D eigenvalue weighted by atomic mass is 10.2. The summed E-state index contributed by atoms with van der Waals surface area (Å²) in [7, 11) is 1.25. The second-order valence-corrected chi connectivity index (χ2v) is 5.27. The molecule has 0 atom stereocenters. The van der Waals surface area contributed by atoms with Crippen molar-refractivity contribution in [3.05, 3.63) is 63.2 Å². The lowest BCUT2D eigenvalue weighted by molar-refractivity contribution is -0.384. The number of nitrogens with zero attached hydrogens (tertiary/aromatic N) is 1. The highest BCUT2D eigenvalue weighted by atomic mass is 35.5. The van der Waals surface area contributed by atoms with E-state index in [0.29, 0.717) is 11.4 Å². The maximum atomic E-state index is 12.0. The Balaban J connectivity index is 2.04. The maximum Gasteiger partial charge on any atom is 0.339 e. The van der Waals surface area contributed by atoms with Crippen LogP contribution < -0.4 is 10.6 Å². The molecule has 0 aliphatic carbocycles. The SMILES string of the molecule is COC(=O)c1ccccc1NC(=O)CNc1ccc(Cl)c([N+](=O)[O-])c1. The first kappa shape index (κ1) is 18.2. The molecule has 0 fully saturated rings. The van der Waals surface area contributed by atoms with E-state index in [2.05, 4.69) is 15.4 Å². The van der Waals surface area contributed by atoms with E-state index in [1.807, 2.05) is 0 Å². The van der Waals surface area contributed by atoms with Crippen molar-refractivity contribution in [1.29, 1.82) is 0 Å². The first-order valence-electron chi connectivity index (χ1n) is 7.07. The topological polar surface area (TPSA) is 111 Å². The molecular formula is C16H14ClN3O5. The van der Waals surface area contributed by atoms with Crippen LogP contribution in [0.1, 0.15) is 10.4 Å². The summed E-state index contributed by atoms with van der Waals surface area (Å²) in [5.74, 6) is -1.01. The zero-order chi connectivity index (χ0) is 18.4. The number of hydrogen-bond acceptors (Lipinski definition) is 6. The Morgan fingerprint density at radius 3 is 2.64 bits per heavy atom. The first-order valence-corrected chi connectivity index (χ1v) is 7.45. The molecule has 1 amide bonds. The highest BCUT2D eigenvalue weighted by Gasteiger charge is 2.15. The predicted octanol–water partition coefficient (Wildman–Crippen LogP) is 3.09. The van der Waals surface area contributed by atoms with Gasteiger partial charge in [-0.3, -0.25) is 14.9 Å².